The summed E-state index contributed by atoms with van der Waals surface area (Å²) in [6.45, 7) is 0.218. The number of carbonyl (C=O) groups is 3. The lowest BCUT2D eigenvalue weighted by molar-refractivity contribution is -0.129. The van der Waals surface area contributed by atoms with Gasteiger partial charge >= 0.3 is 11.5 Å². The Balaban J connectivity index is 1.56. The summed E-state index contributed by atoms with van der Waals surface area (Å²) in [6, 6.07) is 20.2. The lowest BCUT2D eigenvalue weighted by Gasteiger charge is -2.32. The number of amides is 2. The summed E-state index contributed by atoms with van der Waals surface area (Å²) in [6.07, 6.45) is -0.0901. The standard InChI is InChI=1S/C26H20ClF2N3O5S/c27-26(28,29)37-20-12-10-19(11-13-20)31-25-32(15-16-4-2-1-3-5-16)22(33)14-21(38-25)23(34)30-18-8-6-17(7-9-18)24(35)36/h1-13,21H,14-15H2,(H,30,34)(H,35,36)/t21-/m0/s1. The van der Waals surface area contributed by atoms with Crippen molar-refractivity contribution in [2.24, 2.45) is 4.99 Å². The van der Waals surface area contributed by atoms with Crippen molar-refractivity contribution >= 4 is 57.7 Å². The van der Waals surface area contributed by atoms with Gasteiger partial charge in [-0.15, -0.1) is 8.78 Å². The molecule has 12 heteroatoms. The molecule has 0 spiro atoms. The topological polar surface area (TPSA) is 108 Å². The van der Waals surface area contributed by atoms with Crippen LogP contribution in [0.3, 0.4) is 0 Å². The molecule has 1 fully saturated rings. The van der Waals surface area contributed by atoms with E-state index in [0.717, 1.165) is 17.3 Å². The monoisotopic (exact) mass is 559 g/mol. The number of carbonyl (C=O) groups excluding carboxylic acids is 2. The van der Waals surface area contributed by atoms with Crippen LogP contribution in [0.4, 0.5) is 20.2 Å². The Morgan fingerprint density at radius 2 is 1.74 bits per heavy atom. The predicted octanol–water partition coefficient (Wildman–Crippen LogP) is 5.71. The summed E-state index contributed by atoms with van der Waals surface area (Å²) in [7, 11) is 0. The zero-order valence-electron chi connectivity index (χ0n) is 19.5. The Labute approximate surface area is 225 Å². The maximum Gasteiger partial charge on any atom is 0.487 e. The number of ether oxygens (including phenoxy) is 1. The van der Waals surface area contributed by atoms with Crippen LogP contribution in [-0.2, 0) is 16.1 Å². The Bertz CT molecular complexity index is 1350. The molecule has 1 heterocycles. The summed E-state index contributed by atoms with van der Waals surface area (Å²) in [5, 5.41) is 11.2. The van der Waals surface area contributed by atoms with E-state index in [0.29, 0.717) is 11.4 Å². The van der Waals surface area contributed by atoms with Crippen LogP contribution in [0.25, 0.3) is 0 Å². The molecule has 38 heavy (non-hydrogen) atoms. The number of nitrogens with zero attached hydrogens (tertiary/aromatic N) is 2. The number of aliphatic imine (C=N–C) groups is 1. The van der Waals surface area contributed by atoms with Gasteiger partial charge in [-0.05, 0) is 54.1 Å². The van der Waals surface area contributed by atoms with Crippen LogP contribution in [0.5, 0.6) is 5.75 Å². The minimum absolute atomic E-state index is 0.0716. The normalized spacial score (nSPS) is 16.8. The Morgan fingerprint density at radius 3 is 2.34 bits per heavy atom. The number of anilines is 1. The Kier molecular flexibility index (Phi) is 8.28. The predicted molar refractivity (Wildman–Crippen MR) is 140 cm³/mol. The molecule has 2 amide bonds. The minimum Gasteiger partial charge on any atom is -0.478 e. The van der Waals surface area contributed by atoms with Gasteiger partial charge in [0.15, 0.2) is 5.17 Å². The number of alkyl halides is 3. The van der Waals surface area contributed by atoms with E-state index in [1.807, 2.05) is 30.3 Å². The molecule has 8 nitrogen and oxygen atoms in total. The van der Waals surface area contributed by atoms with E-state index < -0.39 is 22.7 Å². The molecule has 0 aromatic heterocycles. The van der Waals surface area contributed by atoms with E-state index in [1.54, 1.807) is 0 Å². The summed E-state index contributed by atoms with van der Waals surface area (Å²) < 4.78 is 30.2. The highest BCUT2D eigenvalue weighted by Crippen LogP contribution is 2.32. The van der Waals surface area contributed by atoms with Gasteiger partial charge in [0.25, 0.3) is 0 Å². The van der Waals surface area contributed by atoms with Crippen LogP contribution in [0, 0.1) is 0 Å². The SMILES string of the molecule is O=C(O)c1ccc(NC(=O)[C@@H]2CC(=O)N(Cc3ccccc3)C(=Nc3ccc(OC(F)(F)Cl)cc3)S2)cc1. The fraction of sp³-hybridized carbons (Fsp3) is 0.154. The number of halogens is 3. The van der Waals surface area contributed by atoms with Gasteiger partial charge < -0.3 is 15.2 Å². The maximum absolute atomic E-state index is 13.2. The van der Waals surface area contributed by atoms with Crippen LogP contribution >= 0.6 is 23.4 Å². The average molecular weight is 560 g/mol. The molecule has 1 aliphatic heterocycles. The van der Waals surface area contributed by atoms with Crippen LogP contribution in [0.1, 0.15) is 22.3 Å². The van der Waals surface area contributed by atoms with Crippen molar-refractivity contribution in [1.29, 1.82) is 0 Å². The second-order valence-electron chi connectivity index (χ2n) is 8.08. The van der Waals surface area contributed by atoms with Crippen molar-refractivity contribution in [2.75, 3.05) is 5.32 Å². The molecule has 2 N–H and O–H groups in total. The van der Waals surface area contributed by atoms with E-state index >= 15 is 0 Å². The Morgan fingerprint density at radius 1 is 1.08 bits per heavy atom. The Hall–Kier alpha value is -3.96. The number of aromatic carboxylic acids is 1. The van der Waals surface area contributed by atoms with E-state index in [2.05, 4.69) is 15.0 Å². The fourth-order valence-electron chi connectivity index (χ4n) is 3.51. The van der Waals surface area contributed by atoms with Crippen LogP contribution in [-0.4, -0.2) is 43.8 Å². The molecule has 0 bridgehead atoms. The number of nitrogens with one attached hydrogen (secondary N) is 1. The van der Waals surface area contributed by atoms with E-state index in [-0.39, 0.29) is 35.4 Å². The highest BCUT2D eigenvalue weighted by Gasteiger charge is 2.36. The molecule has 0 radical (unpaired) electrons. The van der Waals surface area contributed by atoms with Crippen molar-refractivity contribution < 1.29 is 33.0 Å². The quantitative estimate of drug-likeness (QED) is 0.342. The molecular weight excluding hydrogens is 540 g/mol. The summed E-state index contributed by atoms with van der Waals surface area (Å²) in [4.78, 5) is 43.2. The number of hydrogen-bond acceptors (Lipinski definition) is 6. The second-order valence-corrected chi connectivity index (χ2v) is 9.69. The third-order valence-electron chi connectivity index (χ3n) is 5.31. The van der Waals surface area contributed by atoms with Crippen molar-refractivity contribution in [3.05, 3.63) is 90.0 Å². The van der Waals surface area contributed by atoms with Crippen molar-refractivity contribution in [2.45, 2.75) is 23.8 Å². The molecule has 196 valence electrons. The molecular formula is C26H20ClF2N3O5S. The van der Waals surface area contributed by atoms with Gasteiger partial charge in [0.2, 0.25) is 11.8 Å². The van der Waals surface area contributed by atoms with E-state index in [4.69, 9.17) is 16.7 Å². The molecule has 4 rings (SSSR count). The molecule has 1 aliphatic rings. The minimum atomic E-state index is -3.86. The van der Waals surface area contributed by atoms with Crippen LogP contribution in [0.2, 0.25) is 0 Å². The number of carboxylic acids is 1. The number of thioether (sulfide) groups is 1. The van der Waals surface area contributed by atoms with Gasteiger partial charge in [0.05, 0.1) is 17.8 Å². The second kappa shape index (κ2) is 11.6. The fourth-order valence-corrected chi connectivity index (χ4v) is 4.70. The number of amidine groups is 1. The molecule has 1 atom stereocenters. The largest absolute Gasteiger partial charge is 0.487 e. The van der Waals surface area contributed by atoms with E-state index in [1.165, 1.54) is 53.4 Å². The molecule has 3 aromatic rings. The lowest BCUT2D eigenvalue weighted by Crippen LogP contribution is -2.44. The molecule has 0 unspecified atom stereocenters. The van der Waals surface area contributed by atoms with Gasteiger partial charge in [0, 0.05) is 23.7 Å². The van der Waals surface area contributed by atoms with Crippen LogP contribution in [0.15, 0.2) is 83.9 Å². The smallest absolute Gasteiger partial charge is 0.478 e. The van der Waals surface area contributed by atoms with Crippen molar-refractivity contribution in [3.63, 3.8) is 0 Å². The van der Waals surface area contributed by atoms with Gasteiger partial charge in [0.1, 0.15) is 11.0 Å². The van der Waals surface area contributed by atoms with Gasteiger partial charge in [-0.25, -0.2) is 9.79 Å². The number of benzene rings is 3. The maximum atomic E-state index is 13.2. The number of hydrogen-bond donors (Lipinski definition) is 2. The van der Waals surface area contributed by atoms with Gasteiger partial charge in [-0.3, -0.25) is 14.5 Å². The highest BCUT2D eigenvalue weighted by atomic mass is 35.5. The first-order valence-corrected chi connectivity index (χ1v) is 12.4. The molecule has 0 saturated carbocycles. The van der Waals surface area contributed by atoms with Gasteiger partial charge in [-0.2, -0.15) is 0 Å². The summed E-state index contributed by atoms with van der Waals surface area (Å²) >= 11 is 5.89. The van der Waals surface area contributed by atoms with Gasteiger partial charge in [-0.1, -0.05) is 42.1 Å². The average Bonchev–Trinajstić information content (AvgIpc) is 2.87. The zero-order valence-corrected chi connectivity index (χ0v) is 21.1. The molecule has 0 aliphatic carbocycles. The van der Waals surface area contributed by atoms with E-state index in [9.17, 15) is 23.2 Å². The summed E-state index contributed by atoms with van der Waals surface area (Å²) in [5.74, 6) is -2.04. The van der Waals surface area contributed by atoms with Crippen molar-refractivity contribution in [3.8, 4) is 5.75 Å². The summed E-state index contributed by atoms with van der Waals surface area (Å²) in [5.41, 5.74) is -2.22. The lowest BCUT2D eigenvalue weighted by atomic mass is 10.2. The number of carboxylic acid groups (broad SMARTS) is 1. The molecule has 3 aromatic carbocycles. The first-order valence-electron chi connectivity index (χ1n) is 11.2. The van der Waals surface area contributed by atoms with Crippen LogP contribution < -0.4 is 10.1 Å². The molecule has 1 saturated heterocycles. The first kappa shape index (κ1) is 27.1. The highest BCUT2D eigenvalue weighted by molar-refractivity contribution is 8.15. The number of rotatable bonds is 8. The third kappa shape index (κ3) is 7.30. The third-order valence-corrected chi connectivity index (χ3v) is 6.57. The van der Waals surface area contributed by atoms with Crippen molar-refractivity contribution in [1.82, 2.24) is 4.90 Å². The zero-order chi connectivity index (χ0) is 27.3. The first-order chi connectivity index (χ1) is 18.1.